The van der Waals surface area contributed by atoms with Crippen LogP contribution in [-0.2, 0) is 4.79 Å². The molecule has 126 valence electrons. The fraction of sp³-hybridized carbons (Fsp3) is 0.176. The summed E-state index contributed by atoms with van der Waals surface area (Å²) in [5, 5.41) is 4.07. The van der Waals surface area contributed by atoms with Crippen LogP contribution < -0.4 is 15.9 Å². The number of carbonyl (C=O) groups is 1. The summed E-state index contributed by atoms with van der Waals surface area (Å²) >= 11 is 6.84. The van der Waals surface area contributed by atoms with E-state index in [1.165, 1.54) is 0 Å². The predicted molar refractivity (Wildman–Crippen MR) is 103 cm³/mol. The first-order chi connectivity index (χ1) is 11.4. The van der Waals surface area contributed by atoms with E-state index in [9.17, 15) is 4.79 Å². The summed E-state index contributed by atoms with van der Waals surface area (Å²) in [6.07, 6.45) is 0. The van der Waals surface area contributed by atoms with Crippen molar-refractivity contribution in [1.82, 2.24) is 5.43 Å². The maximum Gasteiger partial charge on any atom is 0.277 e. The zero-order valence-electron chi connectivity index (χ0n) is 13.3. The highest BCUT2D eigenvalue weighted by molar-refractivity contribution is 9.11. The molecule has 0 aliphatic rings. The van der Waals surface area contributed by atoms with Crippen LogP contribution >= 0.6 is 31.9 Å². The van der Waals surface area contributed by atoms with Gasteiger partial charge in [-0.2, -0.15) is 5.10 Å². The lowest BCUT2D eigenvalue weighted by atomic mass is 10.1. The molecule has 0 radical (unpaired) electrons. The summed E-state index contributed by atoms with van der Waals surface area (Å²) in [4.78, 5) is 11.9. The largest absolute Gasteiger partial charge is 0.481 e. The molecule has 0 saturated carbocycles. The van der Waals surface area contributed by atoms with Gasteiger partial charge in [-0.25, -0.2) is 5.43 Å². The number of rotatable bonds is 5. The molecule has 0 aliphatic heterocycles. The van der Waals surface area contributed by atoms with E-state index in [1.54, 1.807) is 19.1 Å². The number of nitrogens with two attached hydrogens (primary N) is 1. The minimum atomic E-state index is -0.343. The van der Waals surface area contributed by atoms with Crippen LogP contribution in [0.3, 0.4) is 0 Å². The van der Waals surface area contributed by atoms with Gasteiger partial charge < -0.3 is 10.5 Å². The number of nitrogens with one attached hydrogen (secondary N) is 1. The lowest BCUT2D eigenvalue weighted by Gasteiger charge is -2.10. The van der Waals surface area contributed by atoms with Gasteiger partial charge in [0.1, 0.15) is 5.75 Å². The summed E-state index contributed by atoms with van der Waals surface area (Å²) in [5.41, 5.74) is 11.4. The van der Waals surface area contributed by atoms with E-state index in [-0.39, 0.29) is 12.5 Å². The molecule has 5 nitrogen and oxygen atoms in total. The molecule has 0 aromatic heterocycles. The second-order valence-corrected chi connectivity index (χ2v) is 6.91. The molecule has 0 unspecified atom stereocenters. The first-order valence-electron chi connectivity index (χ1n) is 7.14. The van der Waals surface area contributed by atoms with E-state index in [1.807, 2.05) is 31.2 Å². The Bertz CT molecular complexity index is 751. The quantitative estimate of drug-likeness (QED) is 0.407. The first-order valence-corrected chi connectivity index (χ1v) is 8.73. The number of halogens is 2. The Morgan fingerprint density at radius 2 is 1.79 bits per heavy atom. The molecule has 2 aromatic rings. The van der Waals surface area contributed by atoms with Gasteiger partial charge in [-0.1, -0.05) is 12.1 Å². The number of aryl methyl sites for hydroxylation is 1. The second kappa shape index (κ2) is 8.30. The molecule has 0 atom stereocenters. The number of carbonyl (C=O) groups excluding carboxylic acids is 1. The number of hydrogen-bond donors (Lipinski definition) is 2. The zero-order valence-corrected chi connectivity index (χ0v) is 16.4. The van der Waals surface area contributed by atoms with Crippen molar-refractivity contribution in [2.45, 2.75) is 13.8 Å². The van der Waals surface area contributed by atoms with Gasteiger partial charge in [-0.05, 0) is 81.1 Å². The predicted octanol–water partition coefficient (Wildman–Crippen LogP) is 4.02. The van der Waals surface area contributed by atoms with Gasteiger partial charge in [0.15, 0.2) is 6.61 Å². The van der Waals surface area contributed by atoms with Gasteiger partial charge in [-0.15, -0.1) is 0 Å². The Morgan fingerprint density at radius 1 is 1.21 bits per heavy atom. The van der Waals surface area contributed by atoms with Crippen molar-refractivity contribution in [3.8, 4) is 5.75 Å². The van der Waals surface area contributed by atoms with E-state index in [2.05, 4.69) is 42.4 Å². The van der Waals surface area contributed by atoms with E-state index in [0.717, 1.165) is 20.1 Å². The van der Waals surface area contributed by atoms with Crippen molar-refractivity contribution in [2.24, 2.45) is 5.10 Å². The average Bonchev–Trinajstić information content (AvgIpc) is 2.52. The molecule has 3 N–H and O–H groups in total. The number of ether oxygens (including phenoxy) is 1. The van der Waals surface area contributed by atoms with Crippen molar-refractivity contribution in [3.63, 3.8) is 0 Å². The standard InChI is InChI=1S/C17H17Br2N3O2/c1-10-7-14(18)17(15(19)8-10)24-9-16(23)22-21-11(2)12-3-5-13(20)6-4-12/h3-8H,9,20H2,1-2H3,(H,22,23)/b21-11+. The Balaban J connectivity index is 1.94. The smallest absolute Gasteiger partial charge is 0.277 e. The van der Waals surface area contributed by atoms with E-state index in [0.29, 0.717) is 17.1 Å². The minimum absolute atomic E-state index is 0.140. The van der Waals surface area contributed by atoms with E-state index < -0.39 is 0 Å². The third-order valence-corrected chi connectivity index (χ3v) is 4.35. The zero-order chi connectivity index (χ0) is 17.7. The van der Waals surface area contributed by atoms with Crippen LogP contribution in [-0.4, -0.2) is 18.2 Å². The molecule has 7 heteroatoms. The van der Waals surface area contributed by atoms with E-state index >= 15 is 0 Å². The van der Waals surface area contributed by atoms with Gasteiger partial charge in [0.2, 0.25) is 0 Å². The molecule has 2 rings (SSSR count). The highest BCUT2D eigenvalue weighted by Crippen LogP contribution is 2.34. The number of benzene rings is 2. The Kier molecular flexibility index (Phi) is 6.39. The molecular formula is C17H17Br2N3O2. The van der Waals surface area contributed by atoms with Gasteiger partial charge in [-0.3, -0.25) is 4.79 Å². The third-order valence-electron chi connectivity index (χ3n) is 3.17. The van der Waals surface area contributed by atoms with Gasteiger partial charge in [0, 0.05) is 5.69 Å². The molecule has 0 fully saturated rings. The fourth-order valence-corrected chi connectivity index (χ4v) is 3.57. The second-order valence-electron chi connectivity index (χ2n) is 5.20. The Morgan fingerprint density at radius 3 is 2.38 bits per heavy atom. The molecular weight excluding hydrogens is 438 g/mol. The molecule has 0 bridgehead atoms. The molecule has 0 saturated heterocycles. The summed E-state index contributed by atoms with van der Waals surface area (Å²) < 4.78 is 7.11. The summed E-state index contributed by atoms with van der Waals surface area (Å²) in [7, 11) is 0. The number of hydrogen-bond acceptors (Lipinski definition) is 4. The van der Waals surface area contributed by atoms with Crippen molar-refractivity contribution < 1.29 is 9.53 Å². The van der Waals surface area contributed by atoms with Crippen LogP contribution in [0.1, 0.15) is 18.1 Å². The van der Waals surface area contributed by atoms with Crippen LogP contribution in [0.2, 0.25) is 0 Å². The van der Waals surface area contributed by atoms with Crippen LogP contribution in [0.5, 0.6) is 5.75 Å². The van der Waals surface area contributed by atoms with Crippen LogP contribution in [0, 0.1) is 6.92 Å². The van der Waals surface area contributed by atoms with Crippen LogP contribution in [0.25, 0.3) is 0 Å². The normalized spacial score (nSPS) is 11.2. The first kappa shape index (κ1) is 18.5. The molecule has 1 amide bonds. The van der Waals surface area contributed by atoms with Crippen molar-refractivity contribution >= 4 is 49.2 Å². The molecule has 2 aromatic carbocycles. The topological polar surface area (TPSA) is 76.7 Å². The molecule has 0 heterocycles. The van der Waals surface area contributed by atoms with Crippen molar-refractivity contribution in [2.75, 3.05) is 12.3 Å². The third kappa shape index (κ3) is 5.07. The number of anilines is 1. The number of amides is 1. The fourth-order valence-electron chi connectivity index (χ4n) is 1.93. The molecule has 0 spiro atoms. The van der Waals surface area contributed by atoms with Crippen LogP contribution in [0.4, 0.5) is 5.69 Å². The Hall–Kier alpha value is -1.86. The average molecular weight is 455 g/mol. The minimum Gasteiger partial charge on any atom is -0.481 e. The lowest BCUT2D eigenvalue weighted by molar-refractivity contribution is -0.123. The monoisotopic (exact) mass is 453 g/mol. The van der Waals surface area contributed by atoms with E-state index in [4.69, 9.17) is 10.5 Å². The number of nitrogens with zero attached hydrogens (tertiary/aromatic N) is 1. The maximum atomic E-state index is 11.9. The Labute approximate surface area is 157 Å². The van der Waals surface area contributed by atoms with Gasteiger partial charge in [0.25, 0.3) is 5.91 Å². The molecule has 24 heavy (non-hydrogen) atoms. The highest BCUT2D eigenvalue weighted by Gasteiger charge is 2.10. The SMILES string of the molecule is C/C(=N\NC(=O)COc1c(Br)cc(C)cc1Br)c1ccc(N)cc1. The van der Waals surface area contributed by atoms with Gasteiger partial charge >= 0.3 is 0 Å². The van der Waals surface area contributed by atoms with Gasteiger partial charge in [0.05, 0.1) is 14.7 Å². The summed E-state index contributed by atoms with van der Waals surface area (Å²) in [5.74, 6) is 0.235. The van der Waals surface area contributed by atoms with Crippen LogP contribution in [0.15, 0.2) is 50.4 Å². The van der Waals surface area contributed by atoms with Crippen molar-refractivity contribution in [3.05, 3.63) is 56.5 Å². The lowest BCUT2D eigenvalue weighted by Crippen LogP contribution is -2.25. The summed E-state index contributed by atoms with van der Waals surface area (Å²) in [6, 6.07) is 11.1. The maximum absolute atomic E-state index is 11.9. The highest BCUT2D eigenvalue weighted by atomic mass is 79.9. The number of hydrazone groups is 1. The summed E-state index contributed by atoms with van der Waals surface area (Å²) in [6.45, 7) is 3.64. The molecule has 0 aliphatic carbocycles. The number of nitrogen functional groups attached to an aromatic ring is 1. The van der Waals surface area contributed by atoms with Crippen molar-refractivity contribution in [1.29, 1.82) is 0 Å².